The van der Waals surface area contributed by atoms with E-state index in [-0.39, 0.29) is 0 Å². The monoisotopic (exact) mass is 239 g/mol. The van der Waals surface area contributed by atoms with E-state index in [4.69, 9.17) is 15.2 Å². The first-order valence-corrected chi connectivity index (χ1v) is 5.69. The number of hydrogen-bond donors (Lipinski definition) is 1. The quantitative estimate of drug-likeness (QED) is 0.721. The fourth-order valence-electron chi connectivity index (χ4n) is 1.47. The first-order chi connectivity index (χ1) is 8.31. The van der Waals surface area contributed by atoms with Crippen LogP contribution in [0, 0.1) is 0 Å². The first-order valence-electron chi connectivity index (χ1n) is 5.69. The summed E-state index contributed by atoms with van der Waals surface area (Å²) in [7, 11) is 3.39. The normalized spacial score (nSPS) is 10.5. The van der Waals surface area contributed by atoms with E-state index in [9.17, 15) is 0 Å². The summed E-state index contributed by atoms with van der Waals surface area (Å²) in [6.07, 6.45) is 1.81. The lowest BCUT2D eigenvalue weighted by molar-refractivity contribution is 0.190. The summed E-state index contributed by atoms with van der Waals surface area (Å²) in [5, 5.41) is 0. The molecule has 96 valence electrons. The number of nitrogens with zero attached hydrogens (tertiary/aromatic N) is 2. The molecular formula is C12H21N3O2. The van der Waals surface area contributed by atoms with Crippen LogP contribution in [0.15, 0.2) is 18.3 Å². The van der Waals surface area contributed by atoms with Crippen LogP contribution in [0.3, 0.4) is 0 Å². The Morgan fingerprint density at radius 1 is 1.18 bits per heavy atom. The van der Waals surface area contributed by atoms with Gasteiger partial charge in [-0.05, 0) is 11.6 Å². The van der Waals surface area contributed by atoms with Gasteiger partial charge < -0.3 is 20.1 Å². The van der Waals surface area contributed by atoms with Gasteiger partial charge in [-0.2, -0.15) is 0 Å². The van der Waals surface area contributed by atoms with Gasteiger partial charge in [0.2, 0.25) is 0 Å². The molecule has 0 aromatic carbocycles. The SMILES string of the molecule is COCCN(CCOC)c1ccc(CN)cn1. The zero-order valence-corrected chi connectivity index (χ0v) is 10.6. The Kier molecular flexibility index (Phi) is 6.54. The summed E-state index contributed by atoms with van der Waals surface area (Å²) in [4.78, 5) is 6.52. The maximum absolute atomic E-state index is 5.54. The van der Waals surface area contributed by atoms with Gasteiger partial charge in [0.25, 0.3) is 0 Å². The van der Waals surface area contributed by atoms with Crippen molar-refractivity contribution in [1.82, 2.24) is 4.98 Å². The van der Waals surface area contributed by atoms with Crippen molar-refractivity contribution in [3.05, 3.63) is 23.9 Å². The third-order valence-electron chi connectivity index (χ3n) is 2.50. The highest BCUT2D eigenvalue weighted by molar-refractivity contribution is 5.39. The summed E-state index contributed by atoms with van der Waals surface area (Å²) in [5.74, 6) is 0.927. The van der Waals surface area contributed by atoms with Crippen LogP contribution in [-0.4, -0.2) is 45.5 Å². The Bertz CT molecular complexity index is 295. The molecule has 1 heterocycles. The van der Waals surface area contributed by atoms with Crippen molar-refractivity contribution < 1.29 is 9.47 Å². The summed E-state index contributed by atoms with van der Waals surface area (Å²) < 4.78 is 10.2. The van der Waals surface area contributed by atoms with Crippen LogP contribution >= 0.6 is 0 Å². The van der Waals surface area contributed by atoms with Crippen molar-refractivity contribution in [3.63, 3.8) is 0 Å². The van der Waals surface area contributed by atoms with E-state index in [1.54, 1.807) is 14.2 Å². The number of ether oxygens (including phenoxy) is 2. The van der Waals surface area contributed by atoms with Gasteiger partial charge in [0.1, 0.15) is 5.82 Å². The number of nitrogens with two attached hydrogens (primary N) is 1. The van der Waals surface area contributed by atoms with Crippen molar-refractivity contribution in [2.75, 3.05) is 45.4 Å². The average molecular weight is 239 g/mol. The molecule has 0 amide bonds. The number of aromatic nitrogens is 1. The molecule has 1 aromatic rings. The smallest absolute Gasteiger partial charge is 0.128 e. The van der Waals surface area contributed by atoms with Gasteiger partial charge in [0.15, 0.2) is 0 Å². The van der Waals surface area contributed by atoms with Crippen LogP contribution in [0.2, 0.25) is 0 Å². The molecule has 0 aliphatic rings. The van der Waals surface area contributed by atoms with Crippen LogP contribution in [0.25, 0.3) is 0 Å². The van der Waals surface area contributed by atoms with Crippen molar-refractivity contribution in [3.8, 4) is 0 Å². The molecule has 0 bridgehead atoms. The second-order valence-electron chi connectivity index (χ2n) is 3.70. The fourth-order valence-corrected chi connectivity index (χ4v) is 1.47. The Morgan fingerprint density at radius 3 is 2.24 bits per heavy atom. The number of rotatable bonds is 8. The van der Waals surface area contributed by atoms with Gasteiger partial charge in [-0.15, -0.1) is 0 Å². The van der Waals surface area contributed by atoms with Crippen molar-refractivity contribution in [2.24, 2.45) is 5.73 Å². The minimum atomic E-state index is 0.517. The van der Waals surface area contributed by atoms with Gasteiger partial charge in [-0.1, -0.05) is 6.07 Å². The summed E-state index contributed by atoms with van der Waals surface area (Å²) >= 11 is 0. The lowest BCUT2D eigenvalue weighted by Gasteiger charge is -2.23. The van der Waals surface area contributed by atoms with E-state index in [0.717, 1.165) is 24.5 Å². The molecule has 1 aromatic heterocycles. The van der Waals surface area contributed by atoms with E-state index in [1.807, 2.05) is 18.3 Å². The van der Waals surface area contributed by atoms with Crippen molar-refractivity contribution >= 4 is 5.82 Å². The lowest BCUT2D eigenvalue weighted by atomic mass is 10.3. The Balaban J connectivity index is 2.65. The average Bonchev–Trinajstić information content (AvgIpc) is 2.39. The van der Waals surface area contributed by atoms with Crippen LogP contribution in [0.1, 0.15) is 5.56 Å². The Labute approximate surface area is 103 Å². The molecule has 0 fully saturated rings. The summed E-state index contributed by atoms with van der Waals surface area (Å²) in [5.41, 5.74) is 6.58. The molecule has 0 unspecified atom stereocenters. The van der Waals surface area contributed by atoms with Crippen LogP contribution in [0.5, 0.6) is 0 Å². The van der Waals surface area contributed by atoms with E-state index in [0.29, 0.717) is 19.8 Å². The van der Waals surface area contributed by atoms with Gasteiger partial charge >= 0.3 is 0 Å². The van der Waals surface area contributed by atoms with Crippen molar-refractivity contribution in [1.29, 1.82) is 0 Å². The maximum atomic E-state index is 5.54. The second-order valence-corrected chi connectivity index (χ2v) is 3.70. The molecule has 2 N–H and O–H groups in total. The third-order valence-corrected chi connectivity index (χ3v) is 2.50. The minimum absolute atomic E-state index is 0.517. The van der Waals surface area contributed by atoms with E-state index in [1.165, 1.54) is 0 Å². The molecule has 0 aliphatic carbocycles. The topological polar surface area (TPSA) is 60.6 Å². The molecule has 1 rings (SSSR count). The van der Waals surface area contributed by atoms with Crippen molar-refractivity contribution in [2.45, 2.75) is 6.54 Å². The molecule has 0 saturated heterocycles. The first kappa shape index (κ1) is 13.9. The molecule has 0 radical (unpaired) electrons. The maximum Gasteiger partial charge on any atom is 0.128 e. The number of methoxy groups -OCH3 is 2. The zero-order chi connectivity index (χ0) is 12.5. The second kappa shape index (κ2) is 8.00. The molecule has 0 spiro atoms. The Morgan fingerprint density at radius 2 is 1.82 bits per heavy atom. The molecule has 5 nitrogen and oxygen atoms in total. The number of anilines is 1. The van der Waals surface area contributed by atoms with Gasteiger partial charge in [0.05, 0.1) is 13.2 Å². The van der Waals surface area contributed by atoms with E-state index < -0.39 is 0 Å². The fraction of sp³-hybridized carbons (Fsp3) is 0.583. The number of hydrogen-bond acceptors (Lipinski definition) is 5. The van der Waals surface area contributed by atoms with E-state index >= 15 is 0 Å². The highest BCUT2D eigenvalue weighted by Crippen LogP contribution is 2.10. The standard InChI is InChI=1S/C12H21N3O2/c1-16-7-5-15(6-8-17-2)12-4-3-11(9-13)10-14-12/h3-4,10H,5-9,13H2,1-2H3. The molecule has 17 heavy (non-hydrogen) atoms. The van der Waals surface area contributed by atoms with Gasteiger partial charge in [0, 0.05) is 40.1 Å². The molecule has 0 atom stereocenters. The minimum Gasteiger partial charge on any atom is -0.383 e. The zero-order valence-electron chi connectivity index (χ0n) is 10.6. The third kappa shape index (κ3) is 4.68. The molecule has 0 aliphatic heterocycles. The Hall–Kier alpha value is -1.17. The highest BCUT2D eigenvalue weighted by Gasteiger charge is 2.07. The molecular weight excluding hydrogens is 218 g/mol. The predicted octanol–water partition coefficient (Wildman–Crippen LogP) is 0.639. The summed E-state index contributed by atoms with van der Waals surface area (Å²) in [6.45, 7) is 3.46. The van der Waals surface area contributed by atoms with Gasteiger partial charge in [-0.25, -0.2) is 4.98 Å². The largest absolute Gasteiger partial charge is 0.383 e. The molecule has 5 heteroatoms. The predicted molar refractivity (Wildman–Crippen MR) is 68.1 cm³/mol. The van der Waals surface area contributed by atoms with Crippen LogP contribution in [0.4, 0.5) is 5.82 Å². The number of pyridine rings is 1. The highest BCUT2D eigenvalue weighted by atomic mass is 16.5. The van der Waals surface area contributed by atoms with Crippen LogP contribution < -0.4 is 10.6 Å². The van der Waals surface area contributed by atoms with Crippen LogP contribution in [-0.2, 0) is 16.0 Å². The molecule has 0 saturated carbocycles. The lowest BCUT2D eigenvalue weighted by Crippen LogP contribution is -2.31. The summed E-state index contributed by atoms with van der Waals surface area (Å²) in [6, 6.07) is 3.97. The van der Waals surface area contributed by atoms with Gasteiger partial charge in [-0.3, -0.25) is 0 Å². The van der Waals surface area contributed by atoms with E-state index in [2.05, 4.69) is 9.88 Å².